The molecule has 5 fully saturated rings. The van der Waals surface area contributed by atoms with Crippen molar-refractivity contribution in [3.63, 3.8) is 0 Å². The number of hydrogen-bond donors (Lipinski definition) is 0. The highest BCUT2D eigenvalue weighted by Crippen LogP contribution is 2.60. The maximum absolute atomic E-state index is 12.1. The zero-order valence-corrected chi connectivity index (χ0v) is 14.8. The summed E-state index contributed by atoms with van der Waals surface area (Å²) in [6.45, 7) is 0.590. The van der Waals surface area contributed by atoms with Crippen LogP contribution in [0, 0.1) is 17.8 Å². The number of carbonyl (C=O) groups excluding carboxylic acids is 2. The number of aromatic nitrogens is 2. The van der Waals surface area contributed by atoms with E-state index in [-0.39, 0.29) is 23.7 Å². The van der Waals surface area contributed by atoms with E-state index in [2.05, 4.69) is 10.2 Å². The standard InChI is InChI=1S/C17H21N3O4S/c21-13(20-1-2-23-16(20)22)9-25-15-19-18-14(24-15)17-6-10-3-11(7-17)5-12(4-10)8-17/h10-12H,1-9H2. The molecule has 0 aromatic carbocycles. The summed E-state index contributed by atoms with van der Waals surface area (Å²) < 4.78 is 10.7. The lowest BCUT2D eigenvalue weighted by molar-refractivity contribution is -0.125. The number of ether oxygens (including phenoxy) is 1. The van der Waals surface area contributed by atoms with E-state index in [9.17, 15) is 9.59 Å². The molecule has 5 aliphatic rings. The van der Waals surface area contributed by atoms with Crippen molar-refractivity contribution in [2.45, 2.75) is 49.2 Å². The first-order valence-corrected chi connectivity index (χ1v) is 10.0. The van der Waals surface area contributed by atoms with Crippen LogP contribution in [0.15, 0.2) is 9.64 Å². The number of thioether (sulfide) groups is 1. The van der Waals surface area contributed by atoms with E-state index in [0.717, 1.165) is 28.5 Å². The Kier molecular flexibility index (Phi) is 3.59. The summed E-state index contributed by atoms with van der Waals surface area (Å²) in [6, 6.07) is 0. The molecule has 4 saturated carbocycles. The first-order valence-electron chi connectivity index (χ1n) is 9.05. The van der Waals surface area contributed by atoms with Crippen LogP contribution in [0.2, 0.25) is 0 Å². The first kappa shape index (κ1) is 15.7. The number of hydrogen-bond acceptors (Lipinski definition) is 7. The van der Waals surface area contributed by atoms with Gasteiger partial charge in [0, 0.05) is 5.41 Å². The van der Waals surface area contributed by atoms with E-state index in [0.29, 0.717) is 11.8 Å². The zero-order chi connectivity index (χ0) is 17.0. The average molecular weight is 363 g/mol. The maximum atomic E-state index is 12.1. The van der Waals surface area contributed by atoms with Crippen molar-refractivity contribution < 1.29 is 18.7 Å². The molecule has 2 heterocycles. The molecule has 1 aromatic heterocycles. The lowest BCUT2D eigenvalue weighted by Crippen LogP contribution is -2.48. The van der Waals surface area contributed by atoms with E-state index in [1.165, 1.54) is 50.3 Å². The van der Waals surface area contributed by atoms with Crippen molar-refractivity contribution in [2.75, 3.05) is 18.9 Å². The van der Waals surface area contributed by atoms with Gasteiger partial charge in [0.25, 0.3) is 5.22 Å². The highest BCUT2D eigenvalue weighted by atomic mass is 32.2. The third kappa shape index (κ3) is 2.65. The summed E-state index contributed by atoms with van der Waals surface area (Å²) in [7, 11) is 0. The van der Waals surface area contributed by atoms with E-state index in [1.807, 2.05) is 0 Å². The summed E-state index contributed by atoms with van der Waals surface area (Å²) >= 11 is 1.20. The quantitative estimate of drug-likeness (QED) is 0.760. The molecule has 0 unspecified atom stereocenters. The minimum absolute atomic E-state index is 0.0727. The second-order valence-corrected chi connectivity index (χ2v) is 8.95. The Bertz CT molecular complexity index is 683. The van der Waals surface area contributed by atoms with Gasteiger partial charge in [-0.3, -0.25) is 4.79 Å². The van der Waals surface area contributed by atoms with Crippen molar-refractivity contribution >= 4 is 23.8 Å². The van der Waals surface area contributed by atoms with Crippen LogP contribution < -0.4 is 0 Å². The second kappa shape index (κ2) is 5.72. The van der Waals surface area contributed by atoms with E-state index >= 15 is 0 Å². The van der Waals surface area contributed by atoms with Gasteiger partial charge in [-0.2, -0.15) is 0 Å². The van der Waals surface area contributed by atoms with Gasteiger partial charge in [-0.25, -0.2) is 9.69 Å². The number of amides is 2. The van der Waals surface area contributed by atoms with E-state index in [1.54, 1.807) is 0 Å². The third-order valence-electron chi connectivity index (χ3n) is 6.28. The molecule has 2 amide bonds. The number of cyclic esters (lactones) is 1. The monoisotopic (exact) mass is 363 g/mol. The molecule has 8 heteroatoms. The van der Waals surface area contributed by atoms with Gasteiger partial charge in [0.05, 0.1) is 12.3 Å². The van der Waals surface area contributed by atoms with Crippen LogP contribution in [0.1, 0.15) is 44.4 Å². The molecular formula is C17H21N3O4S. The first-order chi connectivity index (χ1) is 12.1. The minimum Gasteiger partial charge on any atom is -0.447 e. The SMILES string of the molecule is O=C(CSc1nnc(C23CC4CC(CC(C4)C2)C3)o1)N1CCOC1=O. The van der Waals surface area contributed by atoms with Crippen molar-refractivity contribution in [1.82, 2.24) is 15.1 Å². The third-order valence-corrected chi connectivity index (χ3v) is 7.08. The molecule has 6 rings (SSSR count). The Hall–Kier alpha value is -1.57. The largest absolute Gasteiger partial charge is 0.447 e. The predicted octanol–water partition coefficient (Wildman–Crippen LogP) is 2.61. The lowest BCUT2D eigenvalue weighted by Gasteiger charge is -2.55. The molecule has 7 nitrogen and oxygen atoms in total. The number of imide groups is 1. The molecule has 1 aliphatic heterocycles. The minimum atomic E-state index is -0.564. The normalized spacial score (nSPS) is 36.1. The summed E-state index contributed by atoms with van der Waals surface area (Å²) in [6.07, 6.45) is 7.06. The number of rotatable bonds is 4. The predicted molar refractivity (Wildman–Crippen MR) is 87.9 cm³/mol. The van der Waals surface area contributed by atoms with Gasteiger partial charge in [-0.1, -0.05) is 11.8 Å². The van der Waals surface area contributed by atoms with Crippen molar-refractivity contribution in [1.29, 1.82) is 0 Å². The molecule has 1 saturated heterocycles. The van der Waals surface area contributed by atoms with Gasteiger partial charge in [0.1, 0.15) is 6.61 Å². The zero-order valence-electron chi connectivity index (χ0n) is 14.0. The molecular weight excluding hydrogens is 342 g/mol. The molecule has 0 N–H and O–H groups in total. The van der Waals surface area contributed by atoms with Crippen LogP contribution >= 0.6 is 11.8 Å². The Balaban J connectivity index is 1.26. The van der Waals surface area contributed by atoms with Crippen LogP contribution in [0.5, 0.6) is 0 Å². The van der Waals surface area contributed by atoms with Crippen LogP contribution in [-0.2, 0) is 14.9 Å². The van der Waals surface area contributed by atoms with Crippen molar-refractivity contribution in [2.24, 2.45) is 17.8 Å². The molecule has 4 aliphatic carbocycles. The summed E-state index contributed by atoms with van der Waals surface area (Å²) in [5.41, 5.74) is 0.0727. The van der Waals surface area contributed by atoms with Gasteiger partial charge in [-0.15, -0.1) is 10.2 Å². The van der Waals surface area contributed by atoms with Gasteiger partial charge in [0.2, 0.25) is 11.8 Å². The molecule has 0 atom stereocenters. The number of carbonyl (C=O) groups is 2. The molecule has 25 heavy (non-hydrogen) atoms. The fourth-order valence-corrected chi connectivity index (χ4v) is 6.32. The van der Waals surface area contributed by atoms with Gasteiger partial charge in [-0.05, 0) is 56.3 Å². The van der Waals surface area contributed by atoms with E-state index < -0.39 is 6.09 Å². The second-order valence-electron chi connectivity index (χ2n) is 8.02. The van der Waals surface area contributed by atoms with Crippen molar-refractivity contribution in [3.05, 3.63) is 5.89 Å². The maximum Gasteiger partial charge on any atom is 0.416 e. The Morgan fingerprint density at radius 3 is 2.44 bits per heavy atom. The molecule has 0 spiro atoms. The Morgan fingerprint density at radius 2 is 1.84 bits per heavy atom. The summed E-state index contributed by atoms with van der Waals surface area (Å²) in [5.74, 6) is 3.05. The van der Waals surface area contributed by atoms with E-state index in [4.69, 9.17) is 9.15 Å². The Morgan fingerprint density at radius 1 is 1.16 bits per heavy atom. The number of nitrogens with zero attached hydrogens (tertiary/aromatic N) is 3. The highest BCUT2D eigenvalue weighted by Gasteiger charge is 2.54. The lowest BCUT2D eigenvalue weighted by atomic mass is 9.49. The fraction of sp³-hybridized carbons (Fsp3) is 0.765. The summed E-state index contributed by atoms with van der Waals surface area (Å²) in [4.78, 5) is 24.6. The van der Waals surface area contributed by atoms with Crippen LogP contribution in [0.3, 0.4) is 0 Å². The summed E-state index contributed by atoms with van der Waals surface area (Å²) in [5, 5.41) is 8.92. The van der Waals surface area contributed by atoms with Crippen LogP contribution in [0.4, 0.5) is 4.79 Å². The van der Waals surface area contributed by atoms with Crippen LogP contribution in [-0.4, -0.2) is 46.0 Å². The molecule has 4 bridgehead atoms. The van der Waals surface area contributed by atoms with Gasteiger partial charge in [0.15, 0.2) is 0 Å². The molecule has 1 aromatic rings. The molecule has 0 radical (unpaired) electrons. The van der Waals surface area contributed by atoms with Gasteiger partial charge < -0.3 is 9.15 Å². The van der Waals surface area contributed by atoms with Crippen molar-refractivity contribution in [3.8, 4) is 0 Å². The topological polar surface area (TPSA) is 85.5 Å². The fourth-order valence-electron chi connectivity index (χ4n) is 5.68. The Labute approximate surface area is 149 Å². The highest BCUT2D eigenvalue weighted by molar-refractivity contribution is 7.99. The van der Waals surface area contributed by atoms with Gasteiger partial charge >= 0.3 is 6.09 Å². The average Bonchev–Trinajstić information content (AvgIpc) is 3.20. The molecule has 134 valence electrons. The smallest absolute Gasteiger partial charge is 0.416 e. The van der Waals surface area contributed by atoms with Crippen LogP contribution in [0.25, 0.3) is 0 Å².